The number of hydrogen-bond acceptors (Lipinski definition) is 6. The predicted molar refractivity (Wildman–Crippen MR) is 146 cm³/mol. The largest absolute Gasteiger partial charge is 0.493 e. The van der Waals surface area contributed by atoms with Gasteiger partial charge in [-0.1, -0.05) is 42.5 Å². The van der Waals surface area contributed by atoms with Crippen molar-refractivity contribution in [3.63, 3.8) is 0 Å². The van der Waals surface area contributed by atoms with Crippen molar-refractivity contribution in [3.8, 4) is 16.9 Å². The molecule has 2 saturated heterocycles. The first kappa shape index (κ1) is 25.6. The minimum Gasteiger partial charge on any atom is -0.493 e. The summed E-state index contributed by atoms with van der Waals surface area (Å²) >= 11 is 1.76. The second-order valence-electron chi connectivity index (χ2n) is 9.61. The van der Waals surface area contributed by atoms with E-state index < -0.39 is 29.9 Å². The molecule has 3 amide bonds. The highest BCUT2D eigenvalue weighted by molar-refractivity contribution is 7.98. The molecule has 2 heterocycles. The van der Waals surface area contributed by atoms with Gasteiger partial charge in [0.25, 0.3) is 5.91 Å². The highest BCUT2D eigenvalue weighted by Crippen LogP contribution is 2.36. The van der Waals surface area contributed by atoms with Crippen molar-refractivity contribution >= 4 is 34.5 Å². The molecule has 2 N–H and O–H groups in total. The topological polar surface area (TPSA) is 85.9 Å². The molecule has 0 spiro atoms. The number of imide groups is 1. The number of hydrogen-bond donors (Lipinski definition) is 2. The van der Waals surface area contributed by atoms with Gasteiger partial charge in [-0.2, -0.15) is 11.8 Å². The van der Waals surface area contributed by atoms with Crippen LogP contribution >= 0.6 is 11.8 Å². The molecule has 5 rings (SSSR count). The molecule has 0 bridgehead atoms. The van der Waals surface area contributed by atoms with Crippen molar-refractivity contribution in [2.45, 2.75) is 44.1 Å². The normalized spacial score (nSPS) is 22.5. The van der Waals surface area contributed by atoms with E-state index in [0.29, 0.717) is 13.2 Å². The summed E-state index contributed by atoms with van der Waals surface area (Å²) in [5.41, 5.74) is 1.69. The number of amides is 3. The molecule has 0 aromatic heterocycles. The third-order valence-corrected chi connectivity index (χ3v) is 7.51. The Labute approximate surface area is 221 Å². The highest BCUT2D eigenvalue weighted by atomic mass is 32.2. The third kappa shape index (κ3) is 5.61. The number of fused-ring (bicyclic) bond motifs is 1. The SMILES string of the molecule is CSCCOc1ccc2cc(-c3ccc([C@@H](O[C@@H]4CCCCO4)[C@@]4(C)NC(=O)NC4=O)cc3)ccc2c1. The van der Waals surface area contributed by atoms with E-state index in [9.17, 15) is 9.59 Å². The first-order valence-corrected chi connectivity index (χ1v) is 14.0. The van der Waals surface area contributed by atoms with Gasteiger partial charge in [-0.25, -0.2) is 4.79 Å². The molecule has 3 atom stereocenters. The maximum absolute atomic E-state index is 12.7. The highest BCUT2D eigenvalue weighted by Gasteiger charge is 2.50. The van der Waals surface area contributed by atoms with E-state index in [0.717, 1.165) is 58.2 Å². The molecule has 37 heavy (non-hydrogen) atoms. The maximum Gasteiger partial charge on any atom is 0.322 e. The van der Waals surface area contributed by atoms with Crippen molar-refractivity contribution in [1.82, 2.24) is 10.6 Å². The van der Waals surface area contributed by atoms with Gasteiger partial charge in [0.1, 0.15) is 17.4 Å². The maximum atomic E-state index is 12.7. The molecule has 2 aliphatic heterocycles. The lowest BCUT2D eigenvalue weighted by Gasteiger charge is -2.35. The van der Waals surface area contributed by atoms with Gasteiger partial charge in [-0.15, -0.1) is 0 Å². The molecule has 0 aliphatic carbocycles. The van der Waals surface area contributed by atoms with E-state index in [4.69, 9.17) is 14.2 Å². The van der Waals surface area contributed by atoms with Crippen LogP contribution in [-0.2, 0) is 14.3 Å². The van der Waals surface area contributed by atoms with E-state index >= 15 is 0 Å². The lowest BCUT2D eigenvalue weighted by Crippen LogP contribution is -2.51. The fraction of sp³-hybridized carbons (Fsp3) is 0.379. The zero-order valence-electron chi connectivity index (χ0n) is 21.1. The van der Waals surface area contributed by atoms with Crippen LogP contribution in [-0.4, -0.2) is 49.0 Å². The van der Waals surface area contributed by atoms with Gasteiger partial charge in [-0.05, 0) is 78.1 Å². The Morgan fingerprint density at radius 2 is 1.78 bits per heavy atom. The van der Waals surface area contributed by atoms with Gasteiger partial charge in [0.15, 0.2) is 6.29 Å². The summed E-state index contributed by atoms with van der Waals surface area (Å²) in [5, 5.41) is 7.37. The van der Waals surface area contributed by atoms with Gasteiger partial charge >= 0.3 is 6.03 Å². The Balaban J connectivity index is 1.39. The number of carbonyl (C=O) groups is 2. The quantitative estimate of drug-likeness (QED) is 0.289. The number of benzene rings is 3. The van der Waals surface area contributed by atoms with E-state index in [1.165, 1.54) is 0 Å². The van der Waals surface area contributed by atoms with E-state index in [1.54, 1.807) is 18.7 Å². The van der Waals surface area contributed by atoms with Gasteiger partial charge < -0.3 is 19.5 Å². The Morgan fingerprint density at radius 3 is 2.49 bits per heavy atom. The van der Waals surface area contributed by atoms with Crippen molar-refractivity contribution in [3.05, 3.63) is 66.2 Å². The first-order valence-electron chi connectivity index (χ1n) is 12.6. The average molecular weight is 521 g/mol. The summed E-state index contributed by atoms with van der Waals surface area (Å²) in [6.45, 7) is 3.01. The van der Waals surface area contributed by atoms with Gasteiger partial charge in [-0.3, -0.25) is 10.1 Å². The summed E-state index contributed by atoms with van der Waals surface area (Å²) in [6.07, 6.45) is 3.69. The Bertz CT molecular complexity index is 1280. The van der Waals surface area contributed by atoms with Gasteiger partial charge in [0.05, 0.1) is 6.61 Å². The van der Waals surface area contributed by atoms with Crippen molar-refractivity contribution in [1.29, 1.82) is 0 Å². The van der Waals surface area contributed by atoms with Gasteiger partial charge in [0, 0.05) is 12.4 Å². The summed E-state index contributed by atoms with van der Waals surface area (Å²) in [5.74, 6) is 1.43. The predicted octanol–water partition coefficient (Wildman–Crippen LogP) is 5.43. The number of urea groups is 1. The van der Waals surface area contributed by atoms with Crippen molar-refractivity contribution in [2.24, 2.45) is 0 Å². The fourth-order valence-corrected chi connectivity index (χ4v) is 5.10. The minimum atomic E-state index is -1.24. The third-order valence-electron chi connectivity index (χ3n) is 6.94. The lowest BCUT2D eigenvalue weighted by atomic mass is 9.88. The van der Waals surface area contributed by atoms with Crippen LogP contribution in [0, 0.1) is 0 Å². The second kappa shape index (κ2) is 11.1. The zero-order chi connectivity index (χ0) is 25.8. The molecule has 0 radical (unpaired) electrons. The molecule has 0 unspecified atom stereocenters. The number of thioether (sulfide) groups is 1. The molecule has 0 saturated carbocycles. The summed E-state index contributed by atoms with van der Waals surface area (Å²) in [7, 11) is 0. The smallest absolute Gasteiger partial charge is 0.322 e. The summed E-state index contributed by atoms with van der Waals surface area (Å²) in [6, 6.07) is 20.0. The molecular formula is C29H32N2O5S. The Morgan fingerprint density at radius 1 is 1.03 bits per heavy atom. The van der Waals surface area contributed by atoms with Gasteiger partial charge in [0.2, 0.25) is 0 Å². The van der Waals surface area contributed by atoms with Crippen molar-refractivity contribution < 1.29 is 23.8 Å². The number of nitrogens with one attached hydrogen (secondary N) is 2. The Kier molecular flexibility index (Phi) is 7.69. The van der Waals surface area contributed by atoms with Crippen molar-refractivity contribution in [2.75, 3.05) is 25.2 Å². The van der Waals surface area contributed by atoms with E-state index in [-0.39, 0.29) is 0 Å². The molecule has 2 fully saturated rings. The summed E-state index contributed by atoms with van der Waals surface area (Å²) < 4.78 is 17.9. The number of carbonyl (C=O) groups excluding carboxylic acids is 2. The van der Waals surface area contributed by atoms with Crippen LogP contribution in [0.5, 0.6) is 5.75 Å². The van der Waals surface area contributed by atoms with Crippen LogP contribution in [0.3, 0.4) is 0 Å². The molecule has 7 nitrogen and oxygen atoms in total. The standard InChI is InChI=1S/C29H32N2O5S/c1-29(27(32)30-28(33)31-29)26(36-25-5-3-4-14-35-25)20-8-6-19(7-9-20)21-10-11-23-18-24(34-15-16-37-2)13-12-22(23)17-21/h6-13,17-18,25-26H,3-5,14-16H2,1-2H3,(H2,30,31,32,33)/t25-,26-,29-/m1/s1. The number of rotatable bonds is 9. The molecule has 3 aromatic carbocycles. The zero-order valence-corrected chi connectivity index (χ0v) is 21.9. The molecule has 194 valence electrons. The average Bonchev–Trinajstić information content (AvgIpc) is 3.19. The van der Waals surface area contributed by atoms with Crippen LogP contribution in [0.25, 0.3) is 21.9 Å². The van der Waals surface area contributed by atoms with Crippen LogP contribution in [0.2, 0.25) is 0 Å². The van der Waals surface area contributed by atoms with Crippen LogP contribution in [0.15, 0.2) is 60.7 Å². The van der Waals surface area contributed by atoms with Crippen LogP contribution < -0.4 is 15.4 Å². The molecule has 8 heteroatoms. The van der Waals surface area contributed by atoms with Crippen LogP contribution in [0.1, 0.15) is 37.9 Å². The first-order chi connectivity index (χ1) is 18.0. The lowest BCUT2D eigenvalue weighted by molar-refractivity contribution is -0.203. The molecule has 2 aliphatic rings. The Hall–Kier alpha value is -3.07. The molecule has 3 aromatic rings. The van der Waals surface area contributed by atoms with E-state index in [1.807, 2.05) is 30.3 Å². The van der Waals surface area contributed by atoms with E-state index in [2.05, 4.69) is 47.2 Å². The molecular weight excluding hydrogens is 488 g/mol. The minimum absolute atomic E-state index is 0.409. The number of ether oxygens (including phenoxy) is 3. The monoisotopic (exact) mass is 520 g/mol. The summed E-state index contributed by atoms with van der Waals surface area (Å²) in [4.78, 5) is 24.7. The second-order valence-corrected chi connectivity index (χ2v) is 10.6. The van der Waals surface area contributed by atoms with Crippen LogP contribution in [0.4, 0.5) is 4.79 Å². The fourth-order valence-electron chi connectivity index (χ4n) is 4.85.